The Bertz CT molecular complexity index is 400. The first-order chi connectivity index (χ1) is 7.79. The summed E-state index contributed by atoms with van der Waals surface area (Å²) in [6, 6.07) is 7.17. The average molecular weight is 216 g/mol. The molecule has 1 fully saturated rings. The Balaban J connectivity index is 1.70. The third-order valence-corrected chi connectivity index (χ3v) is 4.06. The number of nitrogens with two attached hydrogens (primary N) is 1. The molecule has 3 rings (SSSR count). The fourth-order valence-electron chi connectivity index (χ4n) is 3.07. The highest BCUT2D eigenvalue weighted by atomic mass is 15.2. The molecule has 86 valence electrons. The van der Waals surface area contributed by atoms with Gasteiger partial charge in [-0.05, 0) is 36.0 Å². The first-order valence-electron chi connectivity index (χ1n) is 6.40. The summed E-state index contributed by atoms with van der Waals surface area (Å²) in [5, 5.41) is 0. The summed E-state index contributed by atoms with van der Waals surface area (Å²) in [5.41, 5.74) is 9.83. The van der Waals surface area contributed by atoms with E-state index in [0.717, 1.165) is 30.7 Å². The van der Waals surface area contributed by atoms with Crippen molar-refractivity contribution in [1.82, 2.24) is 4.90 Å². The number of nitrogens with zero attached hydrogens (tertiary/aromatic N) is 1. The number of nitrogen functional groups attached to an aromatic ring is 1. The molecule has 2 N–H and O–H groups in total. The maximum Gasteiger partial charge on any atom is 0.0363 e. The lowest BCUT2D eigenvalue weighted by Crippen LogP contribution is -2.20. The summed E-state index contributed by atoms with van der Waals surface area (Å²) in [4.78, 5) is 2.61. The Hall–Kier alpha value is -1.02. The van der Waals surface area contributed by atoms with E-state index in [4.69, 9.17) is 5.73 Å². The van der Waals surface area contributed by atoms with Gasteiger partial charge >= 0.3 is 0 Å². The van der Waals surface area contributed by atoms with E-state index in [1.807, 2.05) is 6.07 Å². The number of fused-ring (bicyclic) bond motifs is 1. The highest BCUT2D eigenvalue weighted by molar-refractivity contribution is 5.52. The number of hydrogen-bond donors (Lipinski definition) is 1. The lowest BCUT2D eigenvalue weighted by molar-refractivity contribution is 0.257. The number of rotatable bonds is 3. The molecule has 1 aliphatic carbocycles. The van der Waals surface area contributed by atoms with Gasteiger partial charge in [-0.2, -0.15) is 0 Å². The van der Waals surface area contributed by atoms with E-state index in [0.29, 0.717) is 0 Å². The maximum atomic E-state index is 6.02. The van der Waals surface area contributed by atoms with Crippen molar-refractivity contribution < 1.29 is 0 Å². The van der Waals surface area contributed by atoms with Crippen molar-refractivity contribution in [2.45, 2.75) is 45.3 Å². The van der Waals surface area contributed by atoms with Crippen LogP contribution in [0.1, 0.15) is 37.3 Å². The largest absolute Gasteiger partial charge is 0.398 e. The molecule has 0 bridgehead atoms. The summed E-state index contributed by atoms with van der Waals surface area (Å²) in [6.45, 7) is 4.48. The molecule has 2 heteroatoms. The van der Waals surface area contributed by atoms with Crippen molar-refractivity contribution in [3.05, 3.63) is 29.3 Å². The zero-order valence-corrected chi connectivity index (χ0v) is 9.95. The lowest BCUT2D eigenvalue weighted by Gasteiger charge is -2.14. The summed E-state index contributed by atoms with van der Waals surface area (Å²) in [5.74, 6) is 0.959. The predicted molar refractivity (Wildman–Crippen MR) is 66.9 cm³/mol. The molecule has 0 spiro atoms. The van der Waals surface area contributed by atoms with Crippen LogP contribution in [0.25, 0.3) is 0 Å². The van der Waals surface area contributed by atoms with Crippen molar-refractivity contribution in [2.24, 2.45) is 5.92 Å². The van der Waals surface area contributed by atoms with Crippen LogP contribution in [0.3, 0.4) is 0 Å². The topological polar surface area (TPSA) is 29.3 Å². The zero-order chi connectivity index (χ0) is 11.1. The van der Waals surface area contributed by atoms with E-state index >= 15 is 0 Å². The van der Waals surface area contributed by atoms with Gasteiger partial charge in [-0.25, -0.2) is 0 Å². The molecule has 2 nitrogen and oxygen atoms in total. The Kier molecular flexibility index (Phi) is 2.40. The van der Waals surface area contributed by atoms with Crippen molar-refractivity contribution in [3.8, 4) is 0 Å². The van der Waals surface area contributed by atoms with Gasteiger partial charge in [0.05, 0.1) is 0 Å². The first kappa shape index (κ1) is 10.2. The SMILES string of the molecule is CCCC1CC1N1Cc2cccc(N)c2C1. The second kappa shape index (κ2) is 3.77. The van der Waals surface area contributed by atoms with Gasteiger partial charge in [0.15, 0.2) is 0 Å². The molecule has 0 saturated heterocycles. The molecule has 0 aromatic heterocycles. The van der Waals surface area contributed by atoms with E-state index in [1.165, 1.54) is 30.4 Å². The Morgan fingerprint density at radius 2 is 2.25 bits per heavy atom. The number of benzene rings is 1. The molecule has 1 aromatic carbocycles. The van der Waals surface area contributed by atoms with Gasteiger partial charge in [0, 0.05) is 24.8 Å². The van der Waals surface area contributed by atoms with Gasteiger partial charge in [0.2, 0.25) is 0 Å². The summed E-state index contributed by atoms with van der Waals surface area (Å²) in [7, 11) is 0. The Morgan fingerprint density at radius 3 is 3.00 bits per heavy atom. The molecular formula is C14H20N2. The standard InChI is InChI=1S/C14H20N2/c1-2-4-10-7-14(10)16-8-11-5-3-6-13(15)12(11)9-16/h3,5-6,10,14H,2,4,7-9,15H2,1H3. The minimum absolute atomic E-state index is 0.840. The van der Waals surface area contributed by atoms with E-state index < -0.39 is 0 Å². The molecule has 0 amide bonds. The van der Waals surface area contributed by atoms with Crippen LogP contribution in [0.4, 0.5) is 5.69 Å². The molecule has 16 heavy (non-hydrogen) atoms. The van der Waals surface area contributed by atoms with Crippen LogP contribution < -0.4 is 5.73 Å². The van der Waals surface area contributed by atoms with E-state index in [1.54, 1.807) is 0 Å². The van der Waals surface area contributed by atoms with Crippen LogP contribution in [0.5, 0.6) is 0 Å². The highest BCUT2D eigenvalue weighted by Crippen LogP contribution is 2.43. The summed E-state index contributed by atoms with van der Waals surface area (Å²) < 4.78 is 0. The fraction of sp³-hybridized carbons (Fsp3) is 0.571. The summed E-state index contributed by atoms with van der Waals surface area (Å²) in [6.07, 6.45) is 4.12. The van der Waals surface area contributed by atoms with Crippen LogP contribution in [0.15, 0.2) is 18.2 Å². The maximum absolute atomic E-state index is 6.02. The molecule has 1 saturated carbocycles. The van der Waals surface area contributed by atoms with Gasteiger partial charge < -0.3 is 5.73 Å². The minimum Gasteiger partial charge on any atom is -0.398 e. The molecule has 1 heterocycles. The minimum atomic E-state index is 0.840. The fourth-order valence-corrected chi connectivity index (χ4v) is 3.07. The van der Waals surface area contributed by atoms with E-state index in [2.05, 4.69) is 24.0 Å². The van der Waals surface area contributed by atoms with Crippen LogP contribution >= 0.6 is 0 Å². The quantitative estimate of drug-likeness (QED) is 0.787. The normalized spacial score (nSPS) is 28.1. The van der Waals surface area contributed by atoms with Crippen molar-refractivity contribution >= 4 is 5.69 Å². The smallest absolute Gasteiger partial charge is 0.0363 e. The average Bonchev–Trinajstić information content (AvgIpc) is 2.89. The molecule has 2 aliphatic rings. The highest BCUT2D eigenvalue weighted by Gasteiger charge is 2.42. The van der Waals surface area contributed by atoms with Gasteiger partial charge in [0.1, 0.15) is 0 Å². The summed E-state index contributed by atoms with van der Waals surface area (Å²) >= 11 is 0. The Morgan fingerprint density at radius 1 is 1.38 bits per heavy atom. The van der Waals surface area contributed by atoms with Crippen LogP contribution in [-0.4, -0.2) is 10.9 Å². The van der Waals surface area contributed by atoms with E-state index in [9.17, 15) is 0 Å². The third kappa shape index (κ3) is 1.61. The second-order valence-electron chi connectivity index (χ2n) is 5.24. The lowest BCUT2D eigenvalue weighted by atomic mass is 10.1. The van der Waals surface area contributed by atoms with Crippen molar-refractivity contribution in [3.63, 3.8) is 0 Å². The number of anilines is 1. The molecule has 0 radical (unpaired) electrons. The zero-order valence-electron chi connectivity index (χ0n) is 9.95. The molecule has 1 aromatic rings. The molecule has 2 unspecified atom stereocenters. The van der Waals surface area contributed by atoms with Crippen molar-refractivity contribution in [2.75, 3.05) is 5.73 Å². The van der Waals surface area contributed by atoms with Crippen LogP contribution in [-0.2, 0) is 13.1 Å². The molecule has 1 aliphatic heterocycles. The van der Waals surface area contributed by atoms with E-state index in [-0.39, 0.29) is 0 Å². The predicted octanol–water partition coefficient (Wildman–Crippen LogP) is 2.77. The Labute approximate surface area is 97.4 Å². The number of hydrogen-bond acceptors (Lipinski definition) is 2. The molecular weight excluding hydrogens is 196 g/mol. The van der Waals surface area contributed by atoms with Gasteiger partial charge in [-0.15, -0.1) is 0 Å². The molecule has 2 atom stereocenters. The third-order valence-electron chi connectivity index (χ3n) is 4.06. The monoisotopic (exact) mass is 216 g/mol. The van der Waals surface area contributed by atoms with Crippen molar-refractivity contribution in [1.29, 1.82) is 0 Å². The van der Waals surface area contributed by atoms with Gasteiger partial charge in [-0.1, -0.05) is 25.5 Å². The second-order valence-corrected chi connectivity index (χ2v) is 5.24. The first-order valence-corrected chi connectivity index (χ1v) is 6.40. The van der Waals surface area contributed by atoms with Crippen LogP contribution in [0.2, 0.25) is 0 Å². The van der Waals surface area contributed by atoms with Gasteiger partial charge in [-0.3, -0.25) is 4.90 Å². The van der Waals surface area contributed by atoms with Crippen LogP contribution in [0, 0.1) is 5.92 Å². The van der Waals surface area contributed by atoms with Gasteiger partial charge in [0.25, 0.3) is 0 Å².